The Morgan fingerprint density at radius 3 is 1.81 bits per heavy atom. The van der Waals surface area contributed by atoms with Gasteiger partial charge in [-0.05, 0) is 38.5 Å². The second-order valence-electron chi connectivity index (χ2n) is 6.23. The van der Waals surface area contributed by atoms with E-state index in [1.54, 1.807) is 0 Å². The molecule has 0 aliphatic heterocycles. The Labute approximate surface area is 143 Å². The molecule has 0 saturated heterocycles. The maximum absolute atomic E-state index is 13.4. The van der Waals surface area contributed by atoms with Crippen LogP contribution in [0.15, 0.2) is 24.3 Å². The first kappa shape index (κ1) is 22.0. The molecule has 1 atom stereocenters. The summed E-state index contributed by atoms with van der Waals surface area (Å²) in [6, 6.07) is 2.88. The number of aliphatic hydroxyl groups excluding tert-OH is 1. The Hall–Kier alpha value is -2.04. The molecule has 0 aliphatic carbocycles. The molecule has 0 aromatic heterocycles. The van der Waals surface area contributed by atoms with Gasteiger partial charge in [-0.3, -0.25) is 0 Å². The number of hydrogen-bond donors (Lipinski definition) is 1. The van der Waals surface area contributed by atoms with E-state index in [4.69, 9.17) is 4.74 Å². The van der Waals surface area contributed by atoms with Gasteiger partial charge in [0.15, 0.2) is 0 Å². The minimum atomic E-state index is -6.56. The van der Waals surface area contributed by atoms with Gasteiger partial charge in [0.25, 0.3) is 0 Å². The van der Waals surface area contributed by atoms with E-state index in [0.717, 1.165) is 12.1 Å². The van der Waals surface area contributed by atoms with Crippen molar-refractivity contribution < 1.29 is 50.1 Å². The summed E-state index contributed by atoms with van der Waals surface area (Å²) < 4.78 is 98.6. The molecule has 11 heteroatoms. The molecule has 1 aromatic rings. The lowest BCUT2D eigenvalue weighted by molar-refractivity contribution is -0.372. The van der Waals surface area contributed by atoms with Gasteiger partial charge >= 0.3 is 24.2 Å². The maximum atomic E-state index is 13.4. The smallest absolute Gasteiger partial charge is 0.428 e. The first-order chi connectivity index (χ1) is 11.5. The number of halogens is 7. The van der Waals surface area contributed by atoms with E-state index in [9.17, 15) is 40.6 Å². The van der Waals surface area contributed by atoms with Crippen molar-refractivity contribution in [3.8, 4) is 5.75 Å². The molecule has 26 heavy (non-hydrogen) atoms. The number of ether oxygens (including phenoxy) is 2. The van der Waals surface area contributed by atoms with Crippen molar-refractivity contribution in [1.29, 1.82) is 0 Å². The Morgan fingerprint density at radius 1 is 0.962 bits per heavy atom. The highest BCUT2D eigenvalue weighted by molar-refractivity contribution is 5.64. The molecule has 0 fully saturated rings. The molecule has 1 aromatic carbocycles. The van der Waals surface area contributed by atoms with Crippen molar-refractivity contribution in [2.24, 2.45) is 0 Å². The maximum Gasteiger partial charge on any atom is 0.514 e. The molecule has 1 rings (SSSR count). The van der Waals surface area contributed by atoms with Gasteiger partial charge in [0.1, 0.15) is 17.5 Å². The molecule has 1 N–H and O–H groups in total. The number of aliphatic hydroxyl groups is 1. The quantitative estimate of drug-likeness (QED) is 0.452. The Kier molecular flexibility index (Phi) is 5.87. The van der Waals surface area contributed by atoms with E-state index >= 15 is 0 Å². The third-order valence-corrected chi connectivity index (χ3v) is 2.90. The monoisotopic (exact) mass is 392 g/mol. The number of carbonyl (C=O) groups is 1. The van der Waals surface area contributed by atoms with Crippen molar-refractivity contribution in [3.05, 3.63) is 29.8 Å². The highest BCUT2D eigenvalue weighted by Gasteiger charge is 2.75. The molecule has 0 saturated carbocycles. The minimum Gasteiger partial charge on any atom is -0.428 e. The average molecular weight is 392 g/mol. The van der Waals surface area contributed by atoms with E-state index in [1.807, 2.05) is 0 Å². The van der Waals surface area contributed by atoms with E-state index in [2.05, 4.69) is 4.74 Å². The van der Waals surface area contributed by atoms with E-state index in [0.29, 0.717) is 12.1 Å². The van der Waals surface area contributed by atoms with Gasteiger partial charge in [-0.15, -0.1) is 0 Å². The highest BCUT2D eigenvalue weighted by Crippen LogP contribution is 2.51. The molecule has 0 bridgehead atoms. The molecule has 148 valence electrons. The number of carbonyl (C=O) groups excluding carboxylic acids is 1. The Bertz CT molecular complexity index is 633. The van der Waals surface area contributed by atoms with Crippen molar-refractivity contribution in [1.82, 2.24) is 0 Å². The van der Waals surface area contributed by atoms with Crippen LogP contribution in [0.1, 0.15) is 32.4 Å². The molecule has 0 heterocycles. The van der Waals surface area contributed by atoms with Crippen LogP contribution in [0.4, 0.5) is 35.5 Å². The second-order valence-corrected chi connectivity index (χ2v) is 6.23. The fraction of sp³-hybridized carbons (Fsp3) is 0.533. The van der Waals surface area contributed by atoms with Crippen LogP contribution in [0.25, 0.3) is 0 Å². The largest absolute Gasteiger partial charge is 0.514 e. The molecule has 0 amide bonds. The fourth-order valence-corrected chi connectivity index (χ4v) is 1.66. The summed E-state index contributed by atoms with van der Waals surface area (Å²) in [4.78, 5) is 11.4. The zero-order valence-electron chi connectivity index (χ0n) is 13.7. The summed E-state index contributed by atoms with van der Waals surface area (Å²) in [6.07, 6.45) is -11.2. The van der Waals surface area contributed by atoms with Gasteiger partial charge in [-0.2, -0.15) is 30.7 Å². The van der Waals surface area contributed by atoms with Crippen LogP contribution in [-0.4, -0.2) is 34.9 Å². The first-order valence-corrected chi connectivity index (χ1v) is 7.00. The average Bonchev–Trinajstić information content (AvgIpc) is 2.43. The van der Waals surface area contributed by atoms with Gasteiger partial charge in [-0.1, -0.05) is 12.1 Å². The third-order valence-electron chi connectivity index (χ3n) is 2.90. The summed E-state index contributed by atoms with van der Waals surface area (Å²) in [5.74, 6) is -12.5. The van der Waals surface area contributed by atoms with Crippen LogP contribution in [0.3, 0.4) is 0 Å². The molecule has 0 radical (unpaired) electrons. The van der Waals surface area contributed by atoms with Crippen molar-refractivity contribution in [3.63, 3.8) is 0 Å². The predicted octanol–water partition coefficient (Wildman–Crippen LogP) is 4.87. The summed E-state index contributed by atoms with van der Waals surface area (Å²) in [5, 5.41) is 9.31. The van der Waals surface area contributed by atoms with Gasteiger partial charge in [0.2, 0.25) is 0 Å². The van der Waals surface area contributed by atoms with Gasteiger partial charge in [-0.25, -0.2) is 4.79 Å². The molecule has 0 aliphatic rings. The molecule has 0 spiro atoms. The second kappa shape index (κ2) is 6.93. The van der Waals surface area contributed by atoms with Crippen molar-refractivity contribution in [2.75, 3.05) is 0 Å². The van der Waals surface area contributed by atoms with Crippen LogP contribution in [-0.2, 0) is 4.74 Å². The lowest BCUT2D eigenvalue weighted by atomic mass is 9.98. The van der Waals surface area contributed by atoms with Crippen LogP contribution in [0, 0.1) is 0 Å². The van der Waals surface area contributed by atoms with Gasteiger partial charge in [0, 0.05) is 0 Å². The number of benzene rings is 1. The van der Waals surface area contributed by atoms with Crippen LogP contribution in [0.2, 0.25) is 0 Å². The lowest BCUT2D eigenvalue weighted by Crippen LogP contribution is -2.54. The first-order valence-electron chi connectivity index (χ1n) is 7.00. The minimum absolute atomic E-state index is 0.263. The summed E-state index contributed by atoms with van der Waals surface area (Å²) >= 11 is 0. The SMILES string of the molecule is CC(C)(C)OC(=O)Oc1ccc(C(O)C(F)(F)C(F)(F)C(F)(F)F)cc1. The Morgan fingerprint density at radius 2 is 1.42 bits per heavy atom. The summed E-state index contributed by atoms with van der Waals surface area (Å²) in [7, 11) is 0. The number of hydrogen-bond acceptors (Lipinski definition) is 4. The normalized spacial score (nSPS) is 14.7. The van der Waals surface area contributed by atoms with Crippen LogP contribution < -0.4 is 4.74 Å². The van der Waals surface area contributed by atoms with Gasteiger partial charge in [0.05, 0.1) is 0 Å². The zero-order valence-corrected chi connectivity index (χ0v) is 13.7. The fourth-order valence-electron chi connectivity index (χ4n) is 1.66. The van der Waals surface area contributed by atoms with Crippen molar-refractivity contribution >= 4 is 6.16 Å². The predicted molar refractivity (Wildman–Crippen MR) is 74.2 cm³/mol. The van der Waals surface area contributed by atoms with Gasteiger partial charge < -0.3 is 14.6 Å². The molecule has 1 unspecified atom stereocenters. The standard InChI is InChI=1S/C15H15F7O4/c1-12(2,3)26-11(24)25-9-6-4-8(5-7-9)10(23)13(16,17)14(18,19)15(20,21)22/h4-7,10,23H,1-3H3. The van der Waals surface area contributed by atoms with E-state index in [1.165, 1.54) is 20.8 Å². The highest BCUT2D eigenvalue weighted by atomic mass is 19.4. The number of alkyl halides is 7. The molecular formula is C15H15F7O4. The lowest BCUT2D eigenvalue weighted by Gasteiger charge is -2.31. The van der Waals surface area contributed by atoms with E-state index < -0.39 is 41.4 Å². The number of rotatable bonds is 4. The zero-order chi connectivity index (χ0) is 20.6. The van der Waals surface area contributed by atoms with Crippen LogP contribution >= 0.6 is 0 Å². The van der Waals surface area contributed by atoms with Crippen LogP contribution in [0.5, 0.6) is 5.75 Å². The molecular weight excluding hydrogens is 377 g/mol. The van der Waals surface area contributed by atoms with E-state index in [-0.39, 0.29) is 5.75 Å². The third kappa shape index (κ3) is 4.77. The summed E-state index contributed by atoms with van der Waals surface area (Å²) in [6.45, 7) is 4.61. The topological polar surface area (TPSA) is 55.8 Å². The summed E-state index contributed by atoms with van der Waals surface area (Å²) in [5.41, 5.74) is -1.83. The van der Waals surface area contributed by atoms with Crippen molar-refractivity contribution in [2.45, 2.75) is 50.5 Å². The Balaban J connectivity index is 2.96. The molecule has 4 nitrogen and oxygen atoms in total.